The third kappa shape index (κ3) is 3.90. The summed E-state index contributed by atoms with van der Waals surface area (Å²) in [6.45, 7) is 10.4. The standard InChI is InChI=1S/C21H28N2O3S/c1-6-15(24)19-16(25)9-14(10-17(19)26)18-11(3)8-12(4)20(13(18)5)23(7-2)21(22)27/h8,14,24H,6-7,9-10H2,1-5H3,(H2,22,27). The highest BCUT2D eigenvalue weighted by molar-refractivity contribution is 7.80. The number of rotatable bonds is 4. The van der Waals surface area contributed by atoms with E-state index in [0.717, 1.165) is 27.9 Å². The number of aliphatic hydroxyl groups is 1. The van der Waals surface area contributed by atoms with Crippen LogP contribution >= 0.6 is 12.2 Å². The van der Waals surface area contributed by atoms with Gasteiger partial charge in [0, 0.05) is 31.5 Å². The molecule has 0 amide bonds. The number of carbonyl (C=O) groups is 2. The number of aliphatic hydroxyl groups excluding tert-OH is 1. The largest absolute Gasteiger partial charge is 0.511 e. The van der Waals surface area contributed by atoms with Crippen molar-refractivity contribution in [2.24, 2.45) is 5.73 Å². The zero-order chi connectivity index (χ0) is 20.5. The number of anilines is 1. The highest BCUT2D eigenvalue weighted by Gasteiger charge is 2.35. The number of ketones is 2. The van der Waals surface area contributed by atoms with Gasteiger partial charge in [-0.1, -0.05) is 13.0 Å². The summed E-state index contributed by atoms with van der Waals surface area (Å²) in [4.78, 5) is 27.0. The summed E-state index contributed by atoms with van der Waals surface area (Å²) >= 11 is 5.21. The Kier molecular flexibility index (Phi) is 6.42. The number of thiocarbonyl (C=S) groups is 1. The second-order valence-electron chi connectivity index (χ2n) is 7.11. The smallest absolute Gasteiger partial charge is 0.170 e. The van der Waals surface area contributed by atoms with Crippen LogP contribution in [0, 0.1) is 20.8 Å². The van der Waals surface area contributed by atoms with Crippen LogP contribution < -0.4 is 10.6 Å². The maximum absolute atomic E-state index is 12.6. The van der Waals surface area contributed by atoms with Gasteiger partial charge in [-0.15, -0.1) is 0 Å². The monoisotopic (exact) mass is 388 g/mol. The number of benzene rings is 1. The first-order valence-electron chi connectivity index (χ1n) is 9.30. The van der Waals surface area contributed by atoms with E-state index in [2.05, 4.69) is 6.07 Å². The zero-order valence-electron chi connectivity index (χ0n) is 16.7. The van der Waals surface area contributed by atoms with Crippen LogP contribution in [0.5, 0.6) is 0 Å². The van der Waals surface area contributed by atoms with Crippen LogP contribution in [0.25, 0.3) is 0 Å². The van der Waals surface area contributed by atoms with Gasteiger partial charge in [0.05, 0.1) is 5.57 Å². The number of nitrogens with zero attached hydrogens (tertiary/aromatic N) is 1. The Morgan fingerprint density at radius 2 is 1.74 bits per heavy atom. The predicted molar refractivity (Wildman–Crippen MR) is 112 cm³/mol. The molecule has 0 bridgehead atoms. The Bertz CT molecular complexity index is 822. The van der Waals surface area contributed by atoms with Crippen molar-refractivity contribution in [3.8, 4) is 0 Å². The van der Waals surface area contributed by atoms with Crippen LogP contribution in [0.4, 0.5) is 5.69 Å². The topological polar surface area (TPSA) is 83.6 Å². The summed E-state index contributed by atoms with van der Waals surface area (Å²) in [5.41, 5.74) is 10.9. The lowest BCUT2D eigenvalue weighted by atomic mass is 9.76. The van der Waals surface area contributed by atoms with Crippen LogP contribution in [0.2, 0.25) is 0 Å². The summed E-state index contributed by atoms with van der Waals surface area (Å²) in [5, 5.41) is 10.2. The van der Waals surface area contributed by atoms with Crippen LogP contribution in [-0.2, 0) is 9.59 Å². The van der Waals surface area contributed by atoms with E-state index in [1.54, 1.807) is 6.92 Å². The molecule has 146 valence electrons. The fraction of sp³-hybridized carbons (Fsp3) is 0.476. The quantitative estimate of drug-likeness (QED) is 0.352. The fourth-order valence-electron chi connectivity index (χ4n) is 4.24. The Labute approximate surface area is 166 Å². The third-order valence-corrected chi connectivity index (χ3v) is 5.52. The maximum Gasteiger partial charge on any atom is 0.170 e. The fourth-order valence-corrected chi connectivity index (χ4v) is 4.46. The van der Waals surface area contributed by atoms with Gasteiger partial charge in [0.1, 0.15) is 5.76 Å². The van der Waals surface area contributed by atoms with E-state index in [1.165, 1.54) is 0 Å². The first-order chi connectivity index (χ1) is 12.6. The average molecular weight is 389 g/mol. The van der Waals surface area contributed by atoms with Crippen molar-refractivity contribution in [1.29, 1.82) is 0 Å². The van der Waals surface area contributed by atoms with Gasteiger partial charge < -0.3 is 15.7 Å². The summed E-state index contributed by atoms with van der Waals surface area (Å²) in [6, 6.07) is 2.06. The number of carbonyl (C=O) groups excluding carboxylic acids is 2. The van der Waals surface area contributed by atoms with Crippen LogP contribution in [0.1, 0.15) is 61.3 Å². The molecule has 1 aliphatic rings. The number of Topliss-reactive ketones (excluding diaryl/α,β-unsaturated/α-hetero) is 2. The summed E-state index contributed by atoms with van der Waals surface area (Å²) in [5.74, 6) is -0.869. The minimum absolute atomic E-state index is 0.0188. The van der Waals surface area contributed by atoms with Gasteiger partial charge in [0.2, 0.25) is 0 Å². The first kappa shape index (κ1) is 21.1. The molecule has 3 N–H and O–H groups in total. The second kappa shape index (κ2) is 8.21. The van der Waals surface area contributed by atoms with Crippen LogP contribution in [0.15, 0.2) is 17.4 Å². The maximum atomic E-state index is 12.6. The molecule has 1 aromatic rings. The van der Waals surface area contributed by atoms with Gasteiger partial charge >= 0.3 is 0 Å². The number of hydrogen-bond acceptors (Lipinski definition) is 4. The van der Waals surface area contributed by atoms with Gasteiger partial charge in [0.15, 0.2) is 16.7 Å². The Balaban J connectivity index is 2.56. The number of hydrogen-bond donors (Lipinski definition) is 2. The van der Waals surface area contributed by atoms with Crippen molar-refractivity contribution >= 4 is 34.6 Å². The van der Waals surface area contributed by atoms with Gasteiger partial charge in [-0.2, -0.15) is 0 Å². The minimum Gasteiger partial charge on any atom is -0.511 e. The summed E-state index contributed by atoms with van der Waals surface area (Å²) < 4.78 is 0. The van der Waals surface area contributed by atoms with E-state index < -0.39 is 0 Å². The molecule has 0 aromatic heterocycles. The molecular weight excluding hydrogens is 360 g/mol. The molecule has 0 atom stereocenters. The molecule has 2 rings (SSSR count). The number of nitrogens with two attached hydrogens (primary N) is 1. The van der Waals surface area contributed by atoms with Gasteiger partial charge in [0.25, 0.3) is 0 Å². The Morgan fingerprint density at radius 1 is 1.19 bits per heavy atom. The molecule has 27 heavy (non-hydrogen) atoms. The van der Waals surface area contributed by atoms with Gasteiger partial charge in [-0.25, -0.2) is 0 Å². The Morgan fingerprint density at radius 3 is 2.19 bits per heavy atom. The molecule has 1 fully saturated rings. The number of allylic oxidation sites excluding steroid dienone is 2. The molecule has 0 unspecified atom stereocenters. The number of aryl methyl sites for hydroxylation is 2. The molecule has 0 radical (unpaired) electrons. The normalized spacial score (nSPS) is 17.2. The zero-order valence-corrected chi connectivity index (χ0v) is 17.5. The van der Waals surface area contributed by atoms with E-state index in [-0.39, 0.29) is 48.1 Å². The van der Waals surface area contributed by atoms with E-state index in [9.17, 15) is 14.7 Å². The van der Waals surface area contributed by atoms with Crippen molar-refractivity contribution in [1.82, 2.24) is 0 Å². The molecular formula is C21H28N2O3S. The van der Waals surface area contributed by atoms with Crippen LogP contribution in [-0.4, -0.2) is 28.3 Å². The molecule has 0 heterocycles. The Hall–Kier alpha value is -2.21. The lowest BCUT2D eigenvalue weighted by molar-refractivity contribution is -0.124. The van der Waals surface area contributed by atoms with Gasteiger partial charge in [-0.3, -0.25) is 9.59 Å². The molecule has 0 spiro atoms. The summed E-state index contributed by atoms with van der Waals surface area (Å²) in [6.07, 6.45) is 0.715. The lowest BCUT2D eigenvalue weighted by Crippen LogP contribution is -2.36. The molecule has 1 aliphatic carbocycles. The van der Waals surface area contributed by atoms with Crippen molar-refractivity contribution in [3.05, 3.63) is 39.7 Å². The molecule has 0 saturated heterocycles. The molecule has 1 saturated carbocycles. The van der Waals surface area contributed by atoms with E-state index in [4.69, 9.17) is 18.0 Å². The van der Waals surface area contributed by atoms with Crippen molar-refractivity contribution in [2.45, 2.75) is 59.8 Å². The summed E-state index contributed by atoms with van der Waals surface area (Å²) in [7, 11) is 0. The minimum atomic E-state index is -0.279. The SMILES string of the molecule is CCC(O)=C1C(=O)CC(c2c(C)cc(C)c(N(CC)C(N)=S)c2C)CC1=O. The van der Waals surface area contributed by atoms with Crippen LogP contribution in [0.3, 0.4) is 0 Å². The van der Waals surface area contributed by atoms with Crippen molar-refractivity contribution in [3.63, 3.8) is 0 Å². The molecule has 6 heteroatoms. The molecule has 0 aliphatic heterocycles. The molecule has 1 aromatic carbocycles. The van der Waals surface area contributed by atoms with E-state index in [0.29, 0.717) is 11.7 Å². The first-order valence-corrected chi connectivity index (χ1v) is 9.70. The van der Waals surface area contributed by atoms with E-state index >= 15 is 0 Å². The van der Waals surface area contributed by atoms with E-state index in [1.807, 2.05) is 32.6 Å². The lowest BCUT2D eigenvalue weighted by Gasteiger charge is -2.31. The van der Waals surface area contributed by atoms with Crippen molar-refractivity contribution in [2.75, 3.05) is 11.4 Å². The molecule has 5 nitrogen and oxygen atoms in total. The predicted octanol–water partition coefficient (Wildman–Crippen LogP) is 3.92. The van der Waals surface area contributed by atoms with Crippen molar-refractivity contribution < 1.29 is 14.7 Å². The second-order valence-corrected chi connectivity index (χ2v) is 7.53. The van der Waals surface area contributed by atoms with Gasteiger partial charge in [-0.05, 0) is 68.1 Å². The average Bonchev–Trinajstić information content (AvgIpc) is 2.57. The third-order valence-electron chi connectivity index (χ3n) is 5.30. The highest BCUT2D eigenvalue weighted by Crippen LogP contribution is 2.40. The highest BCUT2D eigenvalue weighted by atomic mass is 32.1.